The summed E-state index contributed by atoms with van der Waals surface area (Å²) in [5, 5.41) is 3.48. The molecule has 0 atom stereocenters. The lowest BCUT2D eigenvalue weighted by Gasteiger charge is -2.09. The lowest BCUT2D eigenvalue weighted by molar-refractivity contribution is 0.102. The van der Waals surface area contributed by atoms with Gasteiger partial charge in [-0.1, -0.05) is 29.8 Å². The molecule has 120 valence electrons. The maximum Gasteiger partial charge on any atom is 0.255 e. The molecule has 4 nitrogen and oxygen atoms in total. The Labute approximate surface area is 145 Å². The highest BCUT2D eigenvalue weighted by atomic mass is 35.5. The van der Waals surface area contributed by atoms with E-state index in [0.29, 0.717) is 10.6 Å². The number of fused-ring (bicyclic) bond motifs is 1. The normalized spacial score (nSPS) is 12.9. The molecule has 0 bridgehead atoms. The fourth-order valence-corrected chi connectivity index (χ4v) is 3.27. The Morgan fingerprint density at radius 3 is 2.92 bits per heavy atom. The standard InChI is InChI=1S/C19H16ClN3O/c20-15-6-1-5-14(10-15)19(24)22-16-7-2-4-13(11-16)17-12-21-18-8-3-9-23(17)18/h1-2,4-7,10-12H,3,8-9H2,(H,22,24). The second-order valence-corrected chi connectivity index (χ2v) is 6.30. The van der Waals surface area contributed by atoms with Crippen molar-refractivity contribution < 1.29 is 4.79 Å². The van der Waals surface area contributed by atoms with Crippen LogP contribution in [0.1, 0.15) is 22.6 Å². The average Bonchev–Trinajstić information content (AvgIpc) is 3.18. The van der Waals surface area contributed by atoms with Gasteiger partial charge in [0.1, 0.15) is 5.82 Å². The number of rotatable bonds is 3. The van der Waals surface area contributed by atoms with Crippen LogP contribution in [0, 0.1) is 0 Å². The molecule has 0 spiro atoms. The zero-order valence-electron chi connectivity index (χ0n) is 13.0. The molecule has 1 aliphatic rings. The van der Waals surface area contributed by atoms with Gasteiger partial charge in [-0.3, -0.25) is 4.79 Å². The Balaban J connectivity index is 1.60. The number of amides is 1. The Kier molecular flexibility index (Phi) is 3.82. The molecular weight excluding hydrogens is 322 g/mol. The fraction of sp³-hybridized carbons (Fsp3) is 0.158. The maximum atomic E-state index is 12.4. The molecule has 1 aliphatic heterocycles. The lowest BCUT2D eigenvalue weighted by Crippen LogP contribution is -2.11. The lowest BCUT2D eigenvalue weighted by atomic mass is 10.1. The van der Waals surface area contributed by atoms with Crippen molar-refractivity contribution in [2.45, 2.75) is 19.4 Å². The monoisotopic (exact) mass is 337 g/mol. The zero-order valence-corrected chi connectivity index (χ0v) is 13.8. The predicted molar refractivity (Wildman–Crippen MR) is 95.4 cm³/mol. The first kappa shape index (κ1) is 15.0. The summed E-state index contributed by atoms with van der Waals surface area (Å²) in [6.45, 7) is 1.00. The number of halogens is 1. The smallest absolute Gasteiger partial charge is 0.255 e. The van der Waals surface area contributed by atoms with Gasteiger partial charge in [-0.05, 0) is 36.8 Å². The van der Waals surface area contributed by atoms with Crippen molar-refractivity contribution in [3.63, 3.8) is 0 Å². The van der Waals surface area contributed by atoms with Crippen molar-refractivity contribution in [2.75, 3.05) is 5.32 Å². The number of imidazole rings is 1. The molecule has 1 aromatic heterocycles. The van der Waals surface area contributed by atoms with E-state index in [9.17, 15) is 4.79 Å². The van der Waals surface area contributed by atoms with Crippen LogP contribution in [0.3, 0.4) is 0 Å². The van der Waals surface area contributed by atoms with Crippen LogP contribution in [0.15, 0.2) is 54.7 Å². The van der Waals surface area contributed by atoms with Crippen molar-refractivity contribution in [1.29, 1.82) is 0 Å². The molecule has 1 N–H and O–H groups in total. The van der Waals surface area contributed by atoms with Gasteiger partial charge in [0, 0.05) is 34.8 Å². The number of benzene rings is 2. The number of aromatic nitrogens is 2. The molecule has 0 saturated carbocycles. The molecule has 5 heteroatoms. The maximum absolute atomic E-state index is 12.4. The summed E-state index contributed by atoms with van der Waals surface area (Å²) in [7, 11) is 0. The van der Waals surface area contributed by atoms with Crippen molar-refractivity contribution in [3.8, 4) is 11.3 Å². The van der Waals surface area contributed by atoms with Crippen molar-refractivity contribution in [1.82, 2.24) is 9.55 Å². The van der Waals surface area contributed by atoms with E-state index in [1.54, 1.807) is 24.3 Å². The molecule has 0 fully saturated rings. The van der Waals surface area contributed by atoms with Crippen LogP contribution in [-0.2, 0) is 13.0 Å². The third-order valence-corrected chi connectivity index (χ3v) is 4.46. The third-order valence-electron chi connectivity index (χ3n) is 4.22. The number of carbonyl (C=O) groups excluding carboxylic acids is 1. The van der Waals surface area contributed by atoms with Crippen molar-refractivity contribution in [3.05, 3.63) is 71.1 Å². The van der Waals surface area contributed by atoms with Crippen molar-refractivity contribution in [2.24, 2.45) is 0 Å². The molecule has 0 unspecified atom stereocenters. The summed E-state index contributed by atoms with van der Waals surface area (Å²) in [4.78, 5) is 16.8. The van der Waals surface area contributed by atoms with E-state index >= 15 is 0 Å². The minimum absolute atomic E-state index is 0.173. The Bertz CT molecular complexity index is 916. The fourth-order valence-electron chi connectivity index (χ4n) is 3.08. The SMILES string of the molecule is O=C(Nc1cccc(-c2cnc3n2CCC3)c1)c1cccc(Cl)c1. The van der Waals surface area contributed by atoms with Gasteiger partial charge in [0.05, 0.1) is 11.9 Å². The van der Waals surface area contributed by atoms with Gasteiger partial charge in [-0.2, -0.15) is 0 Å². The summed E-state index contributed by atoms with van der Waals surface area (Å²) < 4.78 is 2.25. The van der Waals surface area contributed by atoms with Crippen LogP contribution in [0.4, 0.5) is 5.69 Å². The number of anilines is 1. The summed E-state index contributed by atoms with van der Waals surface area (Å²) >= 11 is 5.95. The molecule has 2 heterocycles. The first-order valence-electron chi connectivity index (χ1n) is 7.92. The minimum Gasteiger partial charge on any atom is -0.328 e. The predicted octanol–water partition coefficient (Wildman–Crippen LogP) is 4.40. The molecule has 24 heavy (non-hydrogen) atoms. The highest BCUT2D eigenvalue weighted by molar-refractivity contribution is 6.31. The second-order valence-electron chi connectivity index (χ2n) is 5.86. The van der Waals surface area contributed by atoms with Gasteiger partial charge in [0.2, 0.25) is 0 Å². The summed E-state index contributed by atoms with van der Waals surface area (Å²) in [5.74, 6) is 0.964. The molecule has 1 amide bonds. The number of hydrogen-bond donors (Lipinski definition) is 1. The number of hydrogen-bond acceptors (Lipinski definition) is 2. The van der Waals surface area contributed by atoms with E-state index in [1.807, 2.05) is 30.5 Å². The minimum atomic E-state index is -0.173. The number of nitrogens with one attached hydrogen (secondary N) is 1. The van der Waals surface area contributed by atoms with Crippen molar-refractivity contribution >= 4 is 23.2 Å². The summed E-state index contributed by atoms with van der Waals surface area (Å²) in [6.07, 6.45) is 4.08. The molecular formula is C19H16ClN3O. The van der Waals surface area contributed by atoms with Crippen LogP contribution < -0.4 is 5.32 Å². The largest absolute Gasteiger partial charge is 0.328 e. The Hall–Kier alpha value is -2.59. The van der Waals surface area contributed by atoms with Gasteiger partial charge >= 0.3 is 0 Å². The number of nitrogens with zero attached hydrogens (tertiary/aromatic N) is 2. The first-order valence-corrected chi connectivity index (χ1v) is 8.30. The zero-order chi connectivity index (χ0) is 16.5. The Morgan fingerprint density at radius 2 is 2.04 bits per heavy atom. The average molecular weight is 338 g/mol. The van der Waals surface area contributed by atoms with E-state index in [2.05, 4.69) is 14.9 Å². The quantitative estimate of drug-likeness (QED) is 0.770. The van der Waals surface area contributed by atoms with E-state index in [1.165, 1.54) is 0 Å². The molecule has 3 aromatic rings. The molecule has 0 radical (unpaired) electrons. The van der Waals surface area contributed by atoms with Crippen LogP contribution in [0.2, 0.25) is 5.02 Å². The third kappa shape index (κ3) is 2.81. The van der Waals surface area contributed by atoms with Gasteiger partial charge in [-0.25, -0.2) is 4.98 Å². The first-order chi connectivity index (χ1) is 11.7. The van der Waals surface area contributed by atoms with Gasteiger partial charge in [0.25, 0.3) is 5.91 Å². The molecule has 0 saturated heterocycles. The molecule has 2 aromatic carbocycles. The van der Waals surface area contributed by atoms with E-state index in [-0.39, 0.29) is 5.91 Å². The summed E-state index contributed by atoms with van der Waals surface area (Å²) in [6, 6.07) is 14.8. The Morgan fingerprint density at radius 1 is 1.17 bits per heavy atom. The number of carbonyl (C=O) groups is 1. The van der Waals surface area contributed by atoms with Crippen LogP contribution in [0.5, 0.6) is 0 Å². The van der Waals surface area contributed by atoms with Gasteiger partial charge < -0.3 is 9.88 Å². The van der Waals surface area contributed by atoms with Gasteiger partial charge in [0.15, 0.2) is 0 Å². The van der Waals surface area contributed by atoms with Crippen LogP contribution >= 0.6 is 11.6 Å². The second kappa shape index (κ2) is 6.13. The topological polar surface area (TPSA) is 46.9 Å². The van der Waals surface area contributed by atoms with Crippen LogP contribution in [-0.4, -0.2) is 15.5 Å². The summed E-state index contributed by atoms with van der Waals surface area (Å²) in [5.41, 5.74) is 3.45. The highest BCUT2D eigenvalue weighted by Crippen LogP contribution is 2.27. The van der Waals surface area contributed by atoms with E-state index in [0.717, 1.165) is 42.2 Å². The highest BCUT2D eigenvalue weighted by Gasteiger charge is 2.17. The molecule has 0 aliphatic carbocycles. The van der Waals surface area contributed by atoms with Gasteiger partial charge in [-0.15, -0.1) is 0 Å². The molecule has 4 rings (SSSR count). The van der Waals surface area contributed by atoms with E-state index < -0.39 is 0 Å². The number of aryl methyl sites for hydroxylation is 1. The van der Waals surface area contributed by atoms with E-state index in [4.69, 9.17) is 11.6 Å². The van der Waals surface area contributed by atoms with Crippen LogP contribution in [0.25, 0.3) is 11.3 Å².